The quantitative estimate of drug-likeness (QED) is 0.644. The molecular formula is C13H17N3S. The van der Waals surface area contributed by atoms with E-state index >= 15 is 0 Å². The molecule has 0 aliphatic heterocycles. The molecule has 0 aliphatic carbocycles. The molecule has 90 valence electrons. The molecule has 0 radical (unpaired) electrons. The number of hydrazine groups is 1. The number of thiophene rings is 1. The first-order chi connectivity index (χ1) is 8.20. The molecule has 0 amide bonds. The number of pyridine rings is 1. The van der Waals surface area contributed by atoms with E-state index in [4.69, 9.17) is 5.84 Å². The monoisotopic (exact) mass is 247 g/mol. The highest BCUT2D eigenvalue weighted by Gasteiger charge is 2.14. The van der Waals surface area contributed by atoms with E-state index in [0.717, 1.165) is 12.1 Å². The third kappa shape index (κ3) is 2.91. The van der Waals surface area contributed by atoms with Crippen LogP contribution in [0.3, 0.4) is 0 Å². The van der Waals surface area contributed by atoms with Gasteiger partial charge in [-0.25, -0.2) is 0 Å². The van der Waals surface area contributed by atoms with Crippen LogP contribution in [-0.4, -0.2) is 4.98 Å². The van der Waals surface area contributed by atoms with Gasteiger partial charge in [0, 0.05) is 17.5 Å². The van der Waals surface area contributed by atoms with Crippen molar-refractivity contribution >= 4 is 11.3 Å². The van der Waals surface area contributed by atoms with Gasteiger partial charge in [-0.1, -0.05) is 12.1 Å². The summed E-state index contributed by atoms with van der Waals surface area (Å²) >= 11 is 1.75. The maximum absolute atomic E-state index is 5.64. The summed E-state index contributed by atoms with van der Waals surface area (Å²) in [7, 11) is 0. The van der Waals surface area contributed by atoms with Crippen LogP contribution >= 0.6 is 11.3 Å². The summed E-state index contributed by atoms with van der Waals surface area (Å²) in [5.41, 5.74) is 6.26. The number of nitrogens with one attached hydrogen (secondary N) is 1. The lowest BCUT2D eigenvalue weighted by Crippen LogP contribution is -2.30. The minimum Gasteiger partial charge on any atom is -0.271 e. The van der Waals surface area contributed by atoms with E-state index in [-0.39, 0.29) is 6.04 Å². The Morgan fingerprint density at radius 3 is 2.88 bits per heavy atom. The molecule has 3 nitrogen and oxygen atoms in total. The lowest BCUT2D eigenvalue weighted by molar-refractivity contribution is 0.538. The number of aryl methyl sites for hydroxylation is 2. The van der Waals surface area contributed by atoms with Crippen LogP contribution in [0, 0.1) is 13.8 Å². The molecule has 2 aromatic heterocycles. The number of nitrogens with zero attached hydrogens (tertiary/aromatic N) is 1. The summed E-state index contributed by atoms with van der Waals surface area (Å²) in [6, 6.07) is 6.40. The van der Waals surface area contributed by atoms with Crippen LogP contribution < -0.4 is 11.3 Å². The number of aromatic nitrogens is 1. The van der Waals surface area contributed by atoms with Crippen LogP contribution in [-0.2, 0) is 6.42 Å². The van der Waals surface area contributed by atoms with E-state index in [2.05, 4.69) is 40.9 Å². The van der Waals surface area contributed by atoms with Gasteiger partial charge in [0.15, 0.2) is 0 Å². The highest BCUT2D eigenvalue weighted by Crippen LogP contribution is 2.22. The Balaban J connectivity index is 2.23. The first-order valence-electron chi connectivity index (χ1n) is 5.62. The Labute approximate surface area is 106 Å². The largest absolute Gasteiger partial charge is 0.271 e. The average molecular weight is 247 g/mol. The smallest absolute Gasteiger partial charge is 0.0682 e. The van der Waals surface area contributed by atoms with Crippen molar-refractivity contribution in [3.63, 3.8) is 0 Å². The van der Waals surface area contributed by atoms with Crippen molar-refractivity contribution < 1.29 is 0 Å². The highest BCUT2D eigenvalue weighted by atomic mass is 32.1. The minimum atomic E-state index is 0.0780. The van der Waals surface area contributed by atoms with Gasteiger partial charge in [0.05, 0.1) is 11.7 Å². The van der Waals surface area contributed by atoms with Crippen LogP contribution in [0.1, 0.15) is 27.7 Å². The molecule has 0 spiro atoms. The van der Waals surface area contributed by atoms with Gasteiger partial charge in [-0.2, -0.15) is 0 Å². The van der Waals surface area contributed by atoms with Gasteiger partial charge in [-0.15, -0.1) is 11.3 Å². The maximum atomic E-state index is 5.64. The van der Waals surface area contributed by atoms with E-state index in [1.54, 1.807) is 11.3 Å². The number of hydrogen-bond donors (Lipinski definition) is 2. The van der Waals surface area contributed by atoms with Gasteiger partial charge in [0.1, 0.15) is 0 Å². The summed E-state index contributed by atoms with van der Waals surface area (Å²) in [5.74, 6) is 5.64. The predicted octanol–water partition coefficient (Wildman–Crippen LogP) is 2.51. The van der Waals surface area contributed by atoms with Crippen molar-refractivity contribution in [3.8, 4) is 0 Å². The molecule has 0 saturated heterocycles. The van der Waals surface area contributed by atoms with Gasteiger partial charge < -0.3 is 0 Å². The molecule has 4 heteroatoms. The third-order valence-corrected chi connectivity index (χ3v) is 3.67. The fourth-order valence-electron chi connectivity index (χ4n) is 1.96. The maximum Gasteiger partial charge on any atom is 0.0682 e. The number of hydrogen-bond acceptors (Lipinski definition) is 4. The van der Waals surface area contributed by atoms with Crippen molar-refractivity contribution in [1.29, 1.82) is 0 Å². The van der Waals surface area contributed by atoms with E-state index in [1.807, 2.05) is 13.1 Å². The molecule has 2 aromatic rings. The van der Waals surface area contributed by atoms with Crippen LogP contribution in [0.25, 0.3) is 0 Å². The fourth-order valence-corrected chi connectivity index (χ4v) is 2.71. The third-order valence-electron chi connectivity index (χ3n) is 2.77. The zero-order valence-corrected chi connectivity index (χ0v) is 10.9. The molecule has 17 heavy (non-hydrogen) atoms. The van der Waals surface area contributed by atoms with Crippen molar-refractivity contribution in [2.45, 2.75) is 26.3 Å². The number of nitrogens with two attached hydrogens (primary N) is 1. The molecule has 3 N–H and O–H groups in total. The normalized spacial score (nSPS) is 12.6. The second-order valence-electron chi connectivity index (χ2n) is 4.22. The van der Waals surface area contributed by atoms with Gasteiger partial charge in [-0.3, -0.25) is 16.3 Å². The molecule has 2 rings (SSSR count). The zero-order chi connectivity index (χ0) is 12.3. The van der Waals surface area contributed by atoms with E-state index in [1.165, 1.54) is 16.0 Å². The summed E-state index contributed by atoms with van der Waals surface area (Å²) < 4.78 is 0. The van der Waals surface area contributed by atoms with Gasteiger partial charge in [0.2, 0.25) is 0 Å². The predicted molar refractivity (Wildman–Crippen MR) is 71.8 cm³/mol. The molecule has 1 atom stereocenters. The van der Waals surface area contributed by atoms with E-state index < -0.39 is 0 Å². The Morgan fingerprint density at radius 2 is 2.29 bits per heavy atom. The fraction of sp³-hybridized carbons (Fsp3) is 0.308. The van der Waals surface area contributed by atoms with Crippen LogP contribution in [0.15, 0.2) is 29.8 Å². The summed E-state index contributed by atoms with van der Waals surface area (Å²) in [6.45, 7) is 4.13. The first kappa shape index (κ1) is 12.2. The molecule has 2 heterocycles. The van der Waals surface area contributed by atoms with E-state index in [0.29, 0.717) is 0 Å². The van der Waals surface area contributed by atoms with Crippen LogP contribution in [0.5, 0.6) is 0 Å². The minimum absolute atomic E-state index is 0.0780. The zero-order valence-electron chi connectivity index (χ0n) is 10.1. The second-order valence-corrected chi connectivity index (χ2v) is 5.25. The topological polar surface area (TPSA) is 50.9 Å². The Kier molecular flexibility index (Phi) is 3.89. The summed E-state index contributed by atoms with van der Waals surface area (Å²) in [4.78, 5) is 5.81. The van der Waals surface area contributed by atoms with Gasteiger partial charge in [-0.05, 0) is 36.4 Å². The lowest BCUT2D eigenvalue weighted by atomic mass is 10.0. The molecule has 0 saturated carbocycles. The molecular weight excluding hydrogens is 230 g/mol. The van der Waals surface area contributed by atoms with Crippen molar-refractivity contribution in [1.82, 2.24) is 10.4 Å². The van der Waals surface area contributed by atoms with Crippen LogP contribution in [0.4, 0.5) is 0 Å². The standard InChI is InChI=1S/C13H17N3S/c1-9-6-10(2)13(15-8-9)12(16-14)7-11-4-3-5-17-11/h3-6,8,12,16H,7,14H2,1-2H3. The van der Waals surface area contributed by atoms with Gasteiger partial charge in [0.25, 0.3) is 0 Å². The molecule has 0 bridgehead atoms. The SMILES string of the molecule is Cc1cnc(C(Cc2cccs2)NN)c(C)c1. The summed E-state index contributed by atoms with van der Waals surface area (Å²) in [5, 5.41) is 2.08. The Hall–Kier alpha value is -1.23. The Bertz CT molecular complexity index is 479. The molecule has 1 unspecified atom stereocenters. The summed E-state index contributed by atoms with van der Waals surface area (Å²) in [6.07, 6.45) is 2.77. The lowest BCUT2D eigenvalue weighted by Gasteiger charge is -2.17. The van der Waals surface area contributed by atoms with Crippen molar-refractivity contribution in [2.75, 3.05) is 0 Å². The second kappa shape index (κ2) is 5.40. The molecule has 0 fully saturated rings. The van der Waals surface area contributed by atoms with Crippen molar-refractivity contribution in [2.24, 2.45) is 5.84 Å². The van der Waals surface area contributed by atoms with Crippen LogP contribution in [0.2, 0.25) is 0 Å². The average Bonchev–Trinajstić information content (AvgIpc) is 2.79. The molecule has 0 aliphatic rings. The Morgan fingerprint density at radius 1 is 1.47 bits per heavy atom. The van der Waals surface area contributed by atoms with Crippen molar-refractivity contribution in [3.05, 3.63) is 51.5 Å². The van der Waals surface area contributed by atoms with Gasteiger partial charge >= 0.3 is 0 Å². The first-order valence-corrected chi connectivity index (χ1v) is 6.50. The van der Waals surface area contributed by atoms with E-state index in [9.17, 15) is 0 Å². The highest BCUT2D eigenvalue weighted by molar-refractivity contribution is 7.09. The molecule has 0 aromatic carbocycles. The number of rotatable bonds is 4.